The maximum Gasteiger partial charge on any atom is 0.238 e. The minimum absolute atomic E-state index is 0.0913. The molecule has 4 nitrogen and oxygen atoms in total. The lowest BCUT2D eigenvalue weighted by molar-refractivity contribution is -0.115. The number of carbonyl (C=O) groups excluding carboxylic acids is 1. The van der Waals surface area contributed by atoms with Crippen molar-refractivity contribution in [2.75, 3.05) is 19.0 Å². The number of rotatable bonds is 7. The fraction of sp³-hybridized carbons (Fsp3) is 0.174. The van der Waals surface area contributed by atoms with E-state index in [1.807, 2.05) is 55.5 Å². The molecule has 0 aliphatic carbocycles. The number of hydrogen-bond donors (Lipinski definition) is 2. The first-order valence-corrected chi connectivity index (χ1v) is 9.05. The second-order valence-corrected chi connectivity index (χ2v) is 6.53. The predicted octanol–water partition coefficient (Wildman–Crippen LogP) is 4.46. The lowest BCUT2D eigenvalue weighted by atomic mass is 9.98. The molecule has 0 aliphatic rings. The van der Waals surface area contributed by atoms with Crippen molar-refractivity contribution in [2.24, 2.45) is 0 Å². The molecular formula is C23H23FN2O2. The number of anilines is 1. The normalized spacial score (nSPS) is 11.7. The number of methoxy groups -OCH3 is 1. The molecule has 0 radical (unpaired) electrons. The molecule has 0 aliphatic heterocycles. The number of nitrogens with one attached hydrogen (secondary N) is 2. The molecule has 0 heterocycles. The van der Waals surface area contributed by atoms with Gasteiger partial charge >= 0.3 is 0 Å². The molecule has 3 rings (SSSR count). The Hall–Kier alpha value is -3.18. The molecule has 1 unspecified atom stereocenters. The second-order valence-electron chi connectivity index (χ2n) is 6.53. The van der Waals surface area contributed by atoms with Crippen LogP contribution in [0.2, 0.25) is 0 Å². The van der Waals surface area contributed by atoms with E-state index >= 15 is 0 Å². The molecule has 0 bridgehead atoms. The van der Waals surface area contributed by atoms with E-state index in [0.717, 1.165) is 16.7 Å². The van der Waals surface area contributed by atoms with Gasteiger partial charge in [0.05, 0.1) is 25.4 Å². The van der Waals surface area contributed by atoms with E-state index in [4.69, 9.17) is 4.74 Å². The van der Waals surface area contributed by atoms with Crippen molar-refractivity contribution in [3.8, 4) is 5.75 Å². The SMILES string of the molecule is COc1ccc(C)cc1NC(=O)CNC(c1ccccc1)c1ccc(F)cc1. The Kier molecular flexibility index (Phi) is 6.40. The predicted molar refractivity (Wildman–Crippen MR) is 109 cm³/mol. The molecule has 0 fully saturated rings. The monoisotopic (exact) mass is 378 g/mol. The summed E-state index contributed by atoms with van der Waals surface area (Å²) in [6.07, 6.45) is 0. The molecule has 0 saturated carbocycles. The van der Waals surface area contributed by atoms with Crippen LogP contribution in [-0.2, 0) is 4.79 Å². The number of ether oxygens (including phenoxy) is 1. The highest BCUT2D eigenvalue weighted by Gasteiger charge is 2.16. The summed E-state index contributed by atoms with van der Waals surface area (Å²) >= 11 is 0. The summed E-state index contributed by atoms with van der Waals surface area (Å²) in [5, 5.41) is 6.15. The lowest BCUT2D eigenvalue weighted by Crippen LogP contribution is -2.32. The molecular weight excluding hydrogens is 355 g/mol. The van der Waals surface area contributed by atoms with Gasteiger partial charge in [-0.25, -0.2) is 4.39 Å². The first-order chi connectivity index (χ1) is 13.6. The molecule has 1 amide bonds. The van der Waals surface area contributed by atoms with Crippen LogP contribution >= 0.6 is 0 Å². The van der Waals surface area contributed by atoms with Gasteiger partial charge in [-0.2, -0.15) is 0 Å². The summed E-state index contributed by atoms with van der Waals surface area (Å²) < 4.78 is 18.6. The molecule has 5 heteroatoms. The minimum atomic E-state index is -0.292. The van der Waals surface area contributed by atoms with Gasteiger partial charge < -0.3 is 10.1 Å². The fourth-order valence-corrected chi connectivity index (χ4v) is 3.04. The number of carbonyl (C=O) groups is 1. The average molecular weight is 378 g/mol. The molecule has 0 aromatic heterocycles. The van der Waals surface area contributed by atoms with Crippen LogP contribution in [0.15, 0.2) is 72.8 Å². The maximum atomic E-state index is 13.3. The van der Waals surface area contributed by atoms with Gasteiger partial charge in [-0.05, 0) is 47.9 Å². The van der Waals surface area contributed by atoms with Crippen LogP contribution in [0.3, 0.4) is 0 Å². The molecule has 3 aromatic carbocycles. The van der Waals surface area contributed by atoms with Gasteiger partial charge in [-0.1, -0.05) is 48.5 Å². The summed E-state index contributed by atoms with van der Waals surface area (Å²) in [5.41, 5.74) is 3.54. The van der Waals surface area contributed by atoms with E-state index < -0.39 is 0 Å². The number of halogens is 1. The van der Waals surface area contributed by atoms with Gasteiger partial charge in [0.25, 0.3) is 0 Å². The Balaban J connectivity index is 1.74. The Labute approximate surface area is 164 Å². The molecule has 0 spiro atoms. The van der Waals surface area contributed by atoms with Crippen molar-refractivity contribution in [3.05, 3.63) is 95.3 Å². The van der Waals surface area contributed by atoms with Crippen LogP contribution in [0.5, 0.6) is 5.75 Å². The van der Waals surface area contributed by atoms with Gasteiger partial charge in [0.15, 0.2) is 0 Å². The zero-order valence-corrected chi connectivity index (χ0v) is 15.9. The van der Waals surface area contributed by atoms with E-state index in [0.29, 0.717) is 11.4 Å². The van der Waals surface area contributed by atoms with Gasteiger partial charge in [-0.15, -0.1) is 0 Å². The van der Waals surface area contributed by atoms with Crippen LogP contribution in [0, 0.1) is 12.7 Å². The third-order valence-corrected chi connectivity index (χ3v) is 4.43. The fourth-order valence-electron chi connectivity index (χ4n) is 3.04. The number of benzene rings is 3. The highest BCUT2D eigenvalue weighted by molar-refractivity contribution is 5.93. The Morgan fingerprint density at radius 3 is 2.36 bits per heavy atom. The quantitative estimate of drug-likeness (QED) is 0.638. The van der Waals surface area contributed by atoms with Crippen LogP contribution in [0.4, 0.5) is 10.1 Å². The molecule has 1 atom stereocenters. The smallest absolute Gasteiger partial charge is 0.238 e. The zero-order chi connectivity index (χ0) is 19.9. The van der Waals surface area contributed by atoms with Crippen molar-refractivity contribution < 1.29 is 13.9 Å². The van der Waals surface area contributed by atoms with Gasteiger partial charge in [0.2, 0.25) is 5.91 Å². The second kappa shape index (κ2) is 9.15. The molecule has 144 valence electrons. The van der Waals surface area contributed by atoms with Crippen LogP contribution in [-0.4, -0.2) is 19.6 Å². The Morgan fingerprint density at radius 2 is 1.68 bits per heavy atom. The molecule has 2 N–H and O–H groups in total. The van der Waals surface area contributed by atoms with Crippen molar-refractivity contribution in [1.29, 1.82) is 0 Å². The van der Waals surface area contributed by atoms with Crippen molar-refractivity contribution in [3.63, 3.8) is 0 Å². The number of hydrogen-bond acceptors (Lipinski definition) is 3. The zero-order valence-electron chi connectivity index (χ0n) is 15.9. The largest absolute Gasteiger partial charge is 0.495 e. The Bertz CT molecular complexity index is 927. The minimum Gasteiger partial charge on any atom is -0.495 e. The van der Waals surface area contributed by atoms with E-state index in [1.165, 1.54) is 12.1 Å². The van der Waals surface area contributed by atoms with E-state index in [-0.39, 0.29) is 24.3 Å². The lowest BCUT2D eigenvalue weighted by Gasteiger charge is -2.20. The third-order valence-electron chi connectivity index (χ3n) is 4.43. The summed E-state index contributed by atoms with van der Waals surface area (Å²) in [6, 6.07) is 21.4. The number of amides is 1. The Morgan fingerprint density at radius 1 is 1.00 bits per heavy atom. The average Bonchev–Trinajstić information content (AvgIpc) is 2.70. The summed E-state index contributed by atoms with van der Waals surface area (Å²) in [5.74, 6) is 0.129. The van der Waals surface area contributed by atoms with Gasteiger partial charge in [0.1, 0.15) is 11.6 Å². The number of aryl methyl sites for hydroxylation is 1. The standard InChI is InChI=1S/C23H23FN2O2/c1-16-8-13-21(28-2)20(14-16)26-22(27)15-25-23(17-6-4-3-5-7-17)18-9-11-19(24)12-10-18/h3-14,23,25H,15H2,1-2H3,(H,26,27). The first kappa shape index (κ1) is 19.6. The van der Waals surface area contributed by atoms with Crippen LogP contribution < -0.4 is 15.4 Å². The topological polar surface area (TPSA) is 50.4 Å². The maximum absolute atomic E-state index is 13.3. The summed E-state index contributed by atoms with van der Waals surface area (Å²) in [7, 11) is 1.57. The first-order valence-electron chi connectivity index (χ1n) is 9.05. The van der Waals surface area contributed by atoms with E-state index in [1.54, 1.807) is 19.2 Å². The van der Waals surface area contributed by atoms with E-state index in [9.17, 15) is 9.18 Å². The highest BCUT2D eigenvalue weighted by atomic mass is 19.1. The molecule has 3 aromatic rings. The van der Waals surface area contributed by atoms with E-state index in [2.05, 4.69) is 10.6 Å². The van der Waals surface area contributed by atoms with Crippen LogP contribution in [0.25, 0.3) is 0 Å². The summed E-state index contributed by atoms with van der Waals surface area (Å²) in [6.45, 7) is 2.04. The summed E-state index contributed by atoms with van der Waals surface area (Å²) in [4.78, 5) is 12.5. The van der Waals surface area contributed by atoms with Crippen molar-refractivity contribution in [1.82, 2.24) is 5.32 Å². The molecule has 0 saturated heterocycles. The van der Waals surface area contributed by atoms with Gasteiger partial charge in [-0.3, -0.25) is 10.1 Å². The third kappa shape index (κ3) is 4.96. The highest BCUT2D eigenvalue weighted by Crippen LogP contribution is 2.25. The van der Waals surface area contributed by atoms with Gasteiger partial charge in [0, 0.05) is 0 Å². The van der Waals surface area contributed by atoms with Crippen molar-refractivity contribution in [2.45, 2.75) is 13.0 Å². The van der Waals surface area contributed by atoms with Crippen LogP contribution in [0.1, 0.15) is 22.7 Å². The van der Waals surface area contributed by atoms with Crippen molar-refractivity contribution >= 4 is 11.6 Å². The molecule has 28 heavy (non-hydrogen) atoms.